The Balaban J connectivity index is 2.49. The predicted molar refractivity (Wildman–Crippen MR) is 58.7 cm³/mol. The van der Waals surface area contributed by atoms with Crippen LogP contribution in [0.5, 0.6) is 0 Å². The van der Waals surface area contributed by atoms with E-state index in [-0.39, 0.29) is 5.97 Å². The smallest absolute Gasteiger partial charge is 0.340 e. The minimum absolute atomic E-state index is 0.312. The lowest BCUT2D eigenvalue weighted by Gasteiger charge is -1.99. The number of nitrogens with one attached hydrogen (secondary N) is 1. The maximum Gasteiger partial charge on any atom is 0.340 e. The van der Waals surface area contributed by atoms with Crippen LogP contribution in [0.15, 0.2) is 24.4 Å². The van der Waals surface area contributed by atoms with Gasteiger partial charge in [-0.15, -0.1) is 0 Å². The molecule has 0 radical (unpaired) electrons. The molecule has 3 N–H and O–H groups in total. The number of fused-ring (bicyclic) bond motifs is 1. The second kappa shape index (κ2) is 3.65. The zero-order valence-corrected chi connectivity index (χ0v) is 8.41. The lowest BCUT2D eigenvalue weighted by molar-refractivity contribution is 0.0529. The van der Waals surface area contributed by atoms with E-state index in [1.165, 1.54) is 0 Å². The number of hydrogen-bond acceptors (Lipinski definition) is 3. The van der Waals surface area contributed by atoms with Gasteiger partial charge in [0.2, 0.25) is 0 Å². The zero-order valence-electron chi connectivity index (χ0n) is 8.41. The van der Waals surface area contributed by atoms with Crippen molar-refractivity contribution in [1.82, 2.24) is 4.98 Å². The van der Waals surface area contributed by atoms with Crippen molar-refractivity contribution in [2.45, 2.75) is 6.92 Å². The number of anilines is 1. The highest BCUT2D eigenvalue weighted by atomic mass is 16.5. The van der Waals surface area contributed by atoms with Gasteiger partial charge in [0.1, 0.15) is 0 Å². The first-order chi connectivity index (χ1) is 7.22. The van der Waals surface area contributed by atoms with Gasteiger partial charge in [0.05, 0.1) is 12.2 Å². The first-order valence-corrected chi connectivity index (χ1v) is 4.76. The third-order valence-corrected chi connectivity index (χ3v) is 2.20. The molecule has 0 atom stereocenters. The van der Waals surface area contributed by atoms with E-state index in [0.29, 0.717) is 17.9 Å². The van der Waals surface area contributed by atoms with Gasteiger partial charge in [-0.1, -0.05) is 0 Å². The number of aromatic nitrogens is 1. The van der Waals surface area contributed by atoms with E-state index in [0.717, 1.165) is 10.9 Å². The highest BCUT2D eigenvalue weighted by Crippen LogP contribution is 2.21. The summed E-state index contributed by atoms with van der Waals surface area (Å²) in [6.07, 6.45) is 1.64. The fourth-order valence-corrected chi connectivity index (χ4v) is 1.52. The molecule has 1 heterocycles. The van der Waals surface area contributed by atoms with Crippen LogP contribution < -0.4 is 5.73 Å². The molecule has 0 aliphatic heterocycles. The summed E-state index contributed by atoms with van der Waals surface area (Å²) in [5, 5.41) is 0.836. The summed E-state index contributed by atoms with van der Waals surface area (Å²) in [6.45, 7) is 2.16. The normalized spacial score (nSPS) is 10.5. The average Bonchev–Trinajstić information content (AvgIpc) is 2.60. The fraction of sp³-hybridized carbons (Fsp3) is 0.182. The summed E-state index contributed by atoms with van der Waals surface area (Å²) in [4.78, 5) is 14.5. The van der Waals surface area contributed by atoms with Gasteiger partial charge in [0.25, 0.3) is 0 Å². The number of carbonyl (C=O) groups excluding carboxylic acids is 1. The molecule has 0 aliphatic carbocycles. The fourth-order valence-electron chi connectivity index (χ4n) is 1.52. The monoisotopic (exact) mass is 204 g/mol. The predicted octanol–water partition coefficient (Wildman–Crippen LogP) is 1.93. The van der Waals surface area contributed by atoms with Crippen LogP contribution in [0.4, 0.5) is 5.69 Å². The molecule has 2 aromatic rings. The van der Waals surface area contributed by atoms with E-state index in [1.54, 1.807) is 25.3 Å². The minimum Gasteiger partial charge on any atom is -0.462 e. The first-order valence-electron chi connectivity index (χ1n) is 4.76. The van der Waals surface area contributed by atoms with Gasteiger partial charge in [-0.05, 0) is 25.1 Å². The molecule has 4 nitrogen and oxygen atoms in total. The SMILES string of the molecule is CCOC(=O)c1c[nH]c2cc(N)ccc12. The molecule has 0 spiro atoms. The Bertz CT molecular complexity index is 502. The van der Waals surface area contributed by atoms with Crippen LogP contribution in [0.2, 0.25) is 0 Å². The van der Waals surface area contributed by atoms with Crippen LogP contribution in [0.1, 0.15) is 17.3 Å². The van der Waals surface area contributed by atoms with Gasteiger partial charge in [-0.2, -0.15) is 0 Å². The number of aromatic amines is 1. The van der Waals surface area contributed by atoms with Crippen molar-refractivity contribution in [2.24, 2.45) is 0 Å². The summed E-state index contributed by atoms with van der Waals surface area (Å²) in [6, 6.07) is 5.37. The summed E-state index contributed by atoms with van der Waals surface area (Å²) in [5.74, 6) is -0.312. The first kappa shape index (κ1) is 9.58. The van der Waals surface area contributed by atoms with Crippen LogP contribution >= 0.6 is 0 Å². The van der Waals surface area contributed by atoms with Crippen molar-refractivity contribution in [1.29, 1.82) is 0 Å². The Labute approximate surface area is 87.0 Å². The molecule has 0 amide bonds. The number of hydrogen-bond donors (Lipinski definition) is 2. The maximum atomic E-state index is 11.5. The Morgan fingerprint density at radius 3 is 3.07 bits per heavy atom. The number of esters is 1. The van der Waals surface area contributed by atoms with E-state index in [1.807, 2.05) is 6.07 Å². The maximum absolute atomic E-state index is 11.5. The van der Waals surface area contributed by atoms with Crippen molar-refractivity contribution in [3.8, 4) is 0 Å². The minimum atomic E-state index is -0.312. The number of nitrogens with two attached hydrogens (primary N) is 1. The number of rotatable bonds is 2. The zero-order chi connectivity index (χ0) is 10.8. The van der Waals surface area contributed by atoms with Gasteiger partial charge in [-0.3, -0.25) is 0 Å². The number of nitrogen functional groups attached to an aromatic ring is 1. The lowest BCUT2D eigenvalue weighted by Crippen LogP contribution is -2.03. The topological polar surface area (TPSA) is 68.1 Å². The van der Waals surface area contributed by atoms with Crippen LogP contribution in [0.3, 0.4) is 0 Å². The second-order valence-electron chi connectivity index (χ2n) is 3.23. The van der Waals surface area contributed by atoms with Gasteiger partial charge in [-0.25, -0.2) is 4.79 Å². The largest absolute Gasteiger partial charge is 0.462 e. The van der Waals surface area contributed by atoms with Crippen molar-refractivity contribution in [3.05, 3.63) is 30.0 Å². The van der Waals surface area contributed by atoms with E-state index in [9.17, 15) is 4.79 Å². The van der Waals surface area contributed by atoms with Crippen molar-refractivity contribution < 1.29 is 9.53 Å². The van der Waals surface area contributed by atoms with Crippen LogP contribution in [-0.2, 0) is 4.74 Å². The molecular weight excluding hydrogens is 192 g/mol. The molecule has 2 rings (SSSR count). The average molecular weight is 204 g/mol. The van der Waals surface area contributed by atoms with Gasteiger partial charge in [0.15, 0.2) is 0 Å². The van der Waals surface area contributed by atoms with Crippen LogP contribution in [0.25, 0.3) is 10.9 Å². The molecule has 0 aliphatic rings. The van der Waals surface area contributed by atoms with Crippen molar-refractivity contribution >= 4 is 22.6 Å². The lowest BCUT2D eigenvalue weighted by atomic mass is 10.1. The molecule has 0 unspecified atom stereocenters. The van der Waals surface area contributed by atoms with Crippen LogP contribution in [0, 0.1) is 0 Å². The summed E-state index contributed by atoms with van der Waals surface area (Å²) in [7, 11) is 0. The third-order valence-electron chi connectivity index (χ3n) is 2.20. The highest BCUT2D eigenvalue weighted by Gasteiger charge is 2.12. The quantitative estimate of drug-likeness (QED) is 0.580. The van der Waals surface area contributed by atoms with E-state index >= 15 is 0 Å². The summed E-state index contributed by atoms with van der Waals surface area (Å²) >= 11 is 0. The van der Waals surface area contributed by atoms with Crippen molar-refractivity contribution in [2.75, 3.05) is 12.3 Å². The van der Waals surface area contributed by atoms with E-state index < -0.39 is 0 Å². The van der Waals surface area contributed by atoms with Crippen molar-refractivity contribution in [3.63, 3.8) is 0 Å². The number of ether oxygens (including phenoxy) is 1. The van der Waals surface area contributed by atoms with Gasteiger partial charge in [0, 0.05) is 22.8 Å². The molecule has 15 heavy (non-hydrogen) atoms. The molecule has 0 fully saturated rings. The number of H-pyrrole nitrogens is 1. The molecule has 0 saturated carbocycles. The van der Waals surface area contributed by atoms with Crippen LogP contribution in [-0.4, -0.2) is 17.6 Å². The Morgan fingerprint density at radius 2 is 2.33 bits per heavy atom. The van der Waals surface area contributed by atoms with Gasteiger partial charge < -0.3 is 15.5 Å². The molecule has 1 aromatic heterocycles. The highest BCUT2D eigenvalue weighted by molar-refractivity contribution is 6.04. The summed E-state index contributed by atoms with van der Waals surface area (Å²) in [5.41, 5.74) is 7.69. The van der Waals surface area contributed by atoms with E-state index in [2.05, 4.69) is 4.98 Å². The molecular formula is C11H12N2O2. The standard InChI is InChI=1S/C11H12N2O2/c1-2-15-11(14)9-6-13-10-5-7(12)3-4-8(9)10/h3-6,13H,2,12H2,1H3. The third kappa shape index (κ3) is 1.66. The molecule has 0 saturated heterocycles. The second-order valence-corrected chi connectivity index (χ2v) is 3.23. The Hall–Kier alpha value is -1.97. The molecule has 0 bridgehead atoms. The van der Waals surface area contributed by atoms with E-state index in [4.69, 9.17) is 10.5 Å². The molecule has 78 valence electrons. The van der Waals surface area contributed by atoms with Gasteiger partial charge >= 0.3 is 5.97 Å². The summed E-state index contributed by atoms with van der Waals surface area (Å²) < 4.78 is 4.93. The number of carbonyl (C=O) groups is 1. The Morgan fingerprint density at radius 1 is 1.53 bits per heavy atom. The Kier molecular flexibility index (Phi) is 2.33. The molecule has 4 heteroatoms. The number of benzene rings is 1. The molecule has 1 aromatic carbocycles.